The number of aliphatic carboxylic acids is 1. The number of amides is 2. The van der Waals surface area contributed by atoms with Crippen LogP contribution in [0.15, 0.2) is 12.1 Å². The zero-order valence-corrected chi connectivity index (χ0v) is 24.2. The van der Waals surface area contributed by atoms with E-state index in [-0.39, 0.29) is 35.3 Å². The minimum absolute atomic E-state index is 0.0919. The van der Waals surface area contributed by atoms with Crippen molar-refractivity contribution < 1.29 is 41.8 Å². The number of nitrogens with zero attached hydrogens (tertiary/aromatic N) is 5. The minimum atomic E-state index is -3.33. The number of hydrogen-bond acceptors (Lipinski definition) is 6. The lowest BCUT2D eigenvalue weighted by Gasteiger charge is -2.45. The molecule has 2 fully saturated rings. The molecule has 3 atom stereocenters. The Balaban J connectivity index is 1.53. The van der Waals surface area contributed by atoms with Gasteiger partial charge in [-0.05, 0) is 50.3 Å². The lowest BCUT2D eigenvalue weighted by molar-refractivity contribution is -0.162. The van der Waals surface area contributed by atoms with Crippen molar-refractivity contribution in [2.75, 3.05) is 19.6 Å². The van der Waals surface area contributed by atoms with Crippen LogP contribution in [0.25, 0.3) is 0 Å². The van der Waals surface area contributed by atoms with E-state index in [1.165, 1.54) is 6.07 Å². The van der Waals surface area contributed by atoms with Crippen LogP contribution in [0.5, 0.6) is 5.75 Å². The molecule has 1 aliphatic carbocycles. The van der Waals surface area contributed by atoms with Crippen molar-refractivity contribution in [3.63, 3.8) is 0 Å². The van der Waals surface area contributed by atoms with Crippen molar-refractivity contribution in [2.24, 2.45) is 11.3 Å². The average molecular weight is 630 g/mol. The third-order valence-electron chi connectivity index (χ3n) is 8.97. The molecule has 2 aromatic rings. The summed E-state index contributed by atoms with van der Waals surface area (Å²) >= 11 is 6.58. The monoisotopic (exact) mass is 629 g/mol. The number of carboxylic acid groups (broad SMARTS) is 1. The standard InChI is InChI=1S/C28H32ClF4N5O5/c1-28(26(41)42)10-3-2-5-16(28)25(40)37-12-9-15-17(29)7-8-20(22(15)19(37)13-36-11-4-6-21(36)39)43-14-18-23(24(30)31)38(27(32)33)35-34-18/h7-8,16,19,24,27H,2-6,9-14H2,1H3,(H,41,42)/t16-,19?,28-/m0/s1. The molecule has 15 heteroatoms. The molecule has 234 valence electrons. The maximum absolute atomic E-state index is 14.2. The normalized spacial score (nSPS) is 24.1. The van der Waals surface area contributed by atoms with Gasteiger partial charge in [-0.1, -0.05) is 29.7 Å². The summed E-state index contributed by atoms with van der Waals surface area (Å²) in [6.45, 7) is -1.59. The van der Waals surface area contributed by atoms with Crippen LogP contribution in [0.3, 0.4) is 0 Å². The van der Waals surface area contributed by atoms with Crippen LogP contribution in [0, 0.1) is 11.3 Å². The minimum Gasteiger partial charge on any atom is -0.487 e. The van der Waals surface area contributed by atoms with Crippen molar-refractivity contribution in [2.45, 2.75) is 77.5 Å². The van der Waals surface area contributed by atoms with Gasteiger partial charge in [0.25, 0.3) is 6.43 Å². The molecule has 0 spiro atoms. The number of carbonyl (C=O) groups excluding carboxylic acids is 2. The van der Waals surface area contributed by atoms with Gasteiger partial charge in [-0.2, -0.15) is 13.5 Å². The SMILES string of the molecule is C[C@]1(C(=O)O)CCCC[C@H]1C(=O)N1CCc2c(Cl)ccc(OCc3nnn(C(F)F)c3C(F)F)c2C1CN1CCCC1=O. The largest absolute Gasteiger partial charge is 0.487 e. The van der Waals surface area contributed by atoms with Crippen LogP contribution in [-0.4, -0.2) is 67.3 Å². The second-order valence-electron chi connectivity index (χ2n) is 11.4. The third kappa shape index (κ3) is 5.77. The number of likely N-dealkylation sites (tertiary alicyclic amines) is 1. The number of ether oxygens (including phenoxy) is 1. The van der Waals surface area contributed by atoms with E-state index in [1.807, 2.05) is 0 Å². The maximum atomic E-state index is 14.2. The molecule has 10 nitrogen and oxygen atoms in total. The number of rotatable bonds is 9. The molecule has 3 aliphatic rings. The van der Waals surface area contributed by atoms with Crippen LogP contribution < -0.4 is 4.74 Å². The molecule has 1 unspecified atom stereocenters. The molecule has 2 aliphatic heterocycles. The number of aromatic nitrogens is 3. The molecule has 43 heavy (non-hydrogen) atoms. The Bertz CT molecular complexity index is 1410. The van der Waals surface area contributed by atoms with Crippen molar-refractivity contribution in [1.29, 1.82) is 0 Å². The summed E-state index contributed by atoms with van der Waals surface area (Å²) in [6.07, 6.45) is 0.129. The summed E-state index contributed by atoms with van der Waals surface area (Å²) in [7, 11) is 0. The quantitative estimate of drug-likeness (QED) is 0.380. The molecular formula is C28H32ClF4N5O5. The van der Waals surface area contributed by atoms with Gasteiger partial charge in [0.1, 0.15) is 23.7 Å². The lowest BCUT2D eigenvalue weighted by Crippen LogP contribution is -2.52. The Labute approximate surface area is 249 Å². The zero-order valence-electron chi connectivity index (χ0n) is 23.4. The summed E-state index contributed by atoms with van der Waals surface area (Å²) in [5.74, 6) is -2.13. The highest BCUT2D eigenvalue weighted by Gasteiger charge is 2.50. The van der Waals surface area contributed by atoms with E-state index >= 15 is 0 Å². The van der Waals surface area contributed by atoms with Gasteiger partial charge in [-0.3, -0.25) is 14.4 Å². The molecule has 1 N–H and O–H groups in total. The van der Waals surface area contributed by atoms with E-state index in [2.05, 4.69) is 10.3 Å². The first-order valence-corrected chi connectivity index (χ1v) is 14.6. The molecule has 1 aromatic heterocycles. The van der Waals surface area contributed by atoms with E-state index in [1.54, 1.807) is 22.8 Å². The highest BCUT2D eigenvalue weighted by molar-refractivity contribution is 6.31. The predicted molar refractivity (Wildman–Crippen MR) is 144 cm³/mol. The van der Waals surface area contributed by atoms with Gasteiger partial charge < -0.3 is 19.6 Å². The Hall–Kier alpha value is -3.42. The smallest absolute Gasteiger partial charge is 0.335 e. The zero-order chi connectivity index (χ0) is 31.1. The van der Waals surface area contributed by atoms with Crippen molar-refractivity contribution >= 4 is 29.4 Å². The topological polar surface area (TPSA) is 118 Å². The van der Waals surface area contributed by atoms with Gasteiger partial charge in [-0.15, -0.1) is 5.10 Å². The van der Waals surface area contributed by atoms with Gasteiger partial charge in [0.15, 0.2) is 0 Å². The number of carboxylic acids is 1. The van der Waals surface area contributed by atoms with Gasteiger partial charge >= 0.3 is 12.5 Å². The molecule has 5 rings (SSSR count). The van der Waals surface area contributed by atoms with Gasteiger partial charge in [0.2, 0.25) is 11.8 Å². The molecular weight excluding hydrogens is 598 g/mol. The van der Waals surface area contributed by atoms with E-state index in [0.717, 1.165) is 0 Å². The van der Waals surface area contributed by atoms with Gasteiger partial charge in [0.05, 0.1) is 17.4 Å². The number of fused-ring (bicyclic) bond motifs is 1. The third-order valence-corrected chi connectivity index (χ3v) is 9.33. The Morgan fingerprint density at radius 3 is 2.58 bits per heavy atom. The molecule has 1 saturated carbocycles. The fourth-order valence-electron chi connectivity index (χ4n) is 6.60. The average Bonchev–Trinajstić information content (AvgIpc) is 3.59. The summed E-state index contributed by atoms with van der Waals surface area (Å²) in [5, 5.41) is 17.1. The number of carbonyl (C=O) groups is 3. The van der Waals surface area contributed by atoms with Crippen molar-refractivity contribution in [3.8, 4) is 5.75 Å². The van der Waals surface area contributed by atoms with Crippen molar-refractivity contribution in [1.82, 2.24) is 24.8 Å². The Morgan fingerprint density at radius 2 is 1.93 bits per heavy atom. The molecule has 1 saturated heterocycles. The molecule has 0 bridgehead atoms. The maximum Gasteiger partial charge on any atom is 0.335 e. The fourth-order valence-corrected chi connectivity index (χ4v) is 6.86. The number of halogens is 5. The first-order valence-electron chi connectivity index (χ1n) is 14.2. The number of hydrogen-bond donors (Lipinski definition) is 1. The van der Waals surface area contributed by atoms with Crippen LogP contribution in [-0.2, 0) is 27.4 Å². The first-order chi connectivity index (χ1) is 20.4. The van der Waals surface area contributed by atoms with Crippen molar-refractivity contribution in [3.05, 3.63) is 39.7 Å². The molecule has 2 amide bonds. The molecule has 0 radical (unpaired) electrons. The van der Waals surface area contributed by atoms with Gasteiger partial charge in [0, 0.05) is 36.6 Å². The highest BCUT2D eigenvalue weighted by atomic mass is 35.5. The molecule has 3 heterocycles. The Morgan fingerprint density at radius 1 is 1.16 bits per heavy atom. The summed E-state index contributed by atoms with van der Waals surface area (Å²) in [4.78, 5) is 42.5. The summed E-state index contributed by atoms with van der Waals surface area (Å²) in [6, 6.07) is 2.27. The Kier molecular flexibility index (Phi) is 8.87. The predicted octanol–water partition coefficient (Wildman–Crippen LogP) is 5.17. The van der Waals surface area contributed by atoms with Gasteiger partial charge in [-0.25, -0.2) is 8.78 Å². The van der Waals surface area contributed by atoms with Crippen LogP contribution in [0.2, 0.25) is 5.02 Å². The van der Waals surface area contributed by atoms with E-state index in [9.17, 15) is 37.1 Å². The summed E-state index contributed by atoms with van der Waals surface area (Å²) < 4.78 is 59.6. The summed E-state index contributed by atoms with van der Waals surface area (Å²) in [5.41, 5.74) is -1.72. The lowest BCUT2D eigenvalue weighted by atomic mass is 9.66. The fraction of sp³-hybridized carbons (Fsp3) is 0.607. The second-order valence-corrected chi connectivity index (χ2v) is 11.8. The van der Waals surface area contributed by atoms with E-state index in [4.69, 9.17) is 16.3 Å². The molecule has 1 aromatic carbocycles. The van der Waals surface area contributed by atoms with E-state index < -0.39 is 54.3 Å². The van der Waals surface area contributed by atoms with Crippen LogP contribution >= 0.6 is 11.6 Å². The number of alkyl halides is 4. The second kappa shape index (κ2) is 12.3. The highest BCUT2D eigenvalue weighted by Crippen LogP contribution is 2.46. The van der Waals surface area contributed by atoms with E-state index in [0.29, 0.717) is 67.6 Å². The number of benzene rings is 1. The van der Waals surface area contributed by atoms with Crippen LogP contribution in [0.1, 0.15) is 87.0 Å². The van der Waals surface area contributed by atoms with Crippen LogP contribution in [0.4, 0.5) is 17.6 Å². The first kappa shape index (κ1) is 31.0.